The summed E-state index contributed by atoms with van der Waals surface area (Å²) in [6.45, 7) is 4.36. The second-order valence-corrected chi connectivity index (χ2v) is 7.39. The SMILES string of the molecule is C=CCn1cc(C=C2C(=O)NC(=O)N(c3ccc(Br)cc3)C2=O)c2ccccc21. The number of carbonyl (C=O) groups excluding carboxylic acids is 3. The Labute approximate surface area is 175 Å². The number of rotatable bonds is 4. The number of hydrogen-bond donors (Lipinski definition) is 1. The van der Waals surface area contributed by atoms with Gasteiger partial charge in [0.15, 0.2) is 0 Å². The molecule has 1 fully saturated rings. The molecule has 6 nitrogen and oxygen atoms in total. The van der Waals surface area contributed by atoms with Gasteiger partial charge in [0.2, 0.25) is 0 Å². The summed E-state index contributed by atoms with van der Waals surface area (Å²) in [5, 5.41) is 3.15. The van der Waals surface area contributed by atoms with Gasteiger partial charge in [0.25, 0.3) is 11.8 Å². The first-order valence-electron chi connectivity index (χ1n) is 8.85. The molecule has 144 valence electrons. The third-order valence-corrected chi connectivity index (χ3v) is 5.16. The lowest BCUT2D eigenvalue weighted by molar-refractivity contribution is -0.122. The quantitative estimate of drug-likeness (QED) is 0.367. The fraction of sp³-hybridized carbons (Fsp3) is 0.0455. The molecule has 1 aliphatic rings. The van der Waals surface area contributed by atoms with Crippen molar-refractivity contribution in [2.45, 2.75) is 6.54 Å². The van der Waals surface area contributed by atoms with Crippen molar-refractivity contribution >= 4 is 56.4 Å². The van der Waals surface area contributed by atoms with Crippen LogP contribution < -0.4 is 10.2 Å². The number of allylic oxidation sites excluding steroid dienone is 1. The lowest BCUT2D eigenvalue weighted by Crippen LogP contribution is -2.54. The van der Waals surface area contributed by atoms with Crippen LogP contribution in [0.1, 0.15) is 5.56 Å². The standard InChI is InChI=1S/C22H16BrN3O3/c1-2-11-25-13-14(17-5-3-4-6-19(17)25)12-18-20(27)24-22(29)26(21(18)28)16-9-7-15(23)8-10-16/h2-10,12-13H,1,11H2,(H,24,27,29). The molecule has 4 amide bonds. The van der Waals surface area contributed by atoms with Crippen LogP contribution in [0.4, 0.5) is 10.5 Å². The summed E-state index contributed by atoms with van der Waals surface area (Å²) in [5.41, 5.74) is 1.95. The van der Waals surface area contributed by atoms with E-state index in [1.165, 1.54) is 6.08 Å². The predicted octanol–water partition coefficient (Wildman–Crippen LogP) is 4.26. The van der Waals surface area contributed by atoms with E-state index >= 15 is 0 Å². The zero-order chi connectivity index (χ0) is 20.5. The minimum atomic E-state index is -0.770. The predicted molar refractivity (Wildman–Crippen MR) is 115 cm³/mol. The average molecular weight is 450 g/mol. The molecule has 3 aromatic rings. The summed E-state index contributed by atoms with van der Waals surface area (Å²) >= 11 is 3.32. The van der Waals surface area contributed by atoms with Gasteiger partial charge >= 0.3 is 6.03 Å². The van der Waals surface area contributed by atoms with Gasteiger partial charge in [-0.25, -0.2) is 9.69 Å². The van der Waals surface area contributed by atoms with Crippen molar-refractivity contribution in [1.29, 1.82) is 0 Å². The molecule has 4 rings (SSSR count). The van der Waals surface area contributed by atoms with Gasteiger partial charge in [0.1, 0.15) is 5.57 Å². The zero-order valence-electron chi connectivity index (χ0n) is 15.3. The fourth-order valence-corrected chi connectivity index (χ4v) is 3.58. The highest BCUT2D eigenvalue weighted by atomic mass is 79.9. The van der Waals surface area contributed by atoms with Gasteiger partial charge in [-0.1, -0.05) is 40.2 Å². The van der Waals surface area contributed by atoms with E-state index in [4.69, 9.17) is 0 Å². The Kier molecular flexibility index (Phi) is 4.90. The van der Waals surface area contributed by atoms with Gasteiger partial charge in [-0.3, -0.25) is 14.9 Å². The fourth-order valence-electron chi connectivity index (χ4n) is 3.32. The normalized spacial score (nSPS) is 15.8. The van der Waals surface area contributed by atoms with Gasteiger partial charge in [-0.15, -0.1) is 6.58 Å². The van der Waals surface area contributed by atoms with Crippen LogP contribution in [-0.4, -0.2) is 22.4 Å². The number of carbonyl (C=O) groups is 3. The highest BCUT2D eigenvalue weighted by molar-refractivity contribution is 9.10. The Morgan fingerprint density at radius 1 is 1.03 bits per heavy atom. The first-order chi connectivity index (χ1) is 14.0. The van der Waals surface area contributed by atoms with E-state index in [2.05, 4.69) is 27.8 Å². The molecule has 2 heterocycles. The van der Waals surface area contributed by atoms with E-state index < -0.39 is 17.8 Å². The van der Waals surface area contributed by atoms with Gasteiger partial charge < -0.3 is 4.57 Å². The van der Waals surface area contributed by atoms with E-state index in [0.717, 1.165) is 20.3 Å². The molecule has 1 N–H and O–H groups in total. The van der Waals surface area contributed by atoms with Crippen LogP contribution in [0.25, 0.3) is 17.0 Å². The Morgan fingerprint density at radius 2 is 1.76 bits per heavy atom. The maximum atomic E-state index is 13.0. The number of para-hydroxylation sites is 1. The molecule has 0 spiro atoms. The molecule has 1 aliphatic heterocycles. The molecule has 0 unspecified atom stereocenters. The Balaban J connectivity index is 1.80. The minimum absolute atomic E-state index is 0.103. The number of nitrogens with one attached hydrogen (secondary N) is 1. The van der Waals surface area contributed by atoms with Crippen LogP contribution in [0.3, 0.4) is 0 Å². The van der Waals surface area contributed by atoms with Crippen molar-refractivity contribution in [3.8, 4) is 0 Å². The maximum Gasteiger partial charge on any atom is 0.335 e. The number of halogens is 1. The summed E-state index contributed by atoms with van der Waals surface area (Å²) < 4.78 is 2.80. The van der Waals surface area contributed by atoms with Crippen molar-refractivity contribution in [3.05, 3.63) is 83.0 Å². The Bertz CT molecular complexity index is 1190. The summed E-state index contributed by atoms with van der Waals surface area (Å²) in [6.07, 6.45) is 5.16. The third kappa shape index (κ3) is 3.40. The van der Waals surface area contributed by atoms with Crippen molar-refractivity contribution < 1.29 is 14.4 Å². The average Bonchev–Trinajstić information content (AvgIpc) is 3.04. The molecule has 0 atom stereocenters. The lowest BCUT2D eigenvalue weighted by atomic mass is 10.1. The summed E-state index contributed by atoms with van der Waals surface area (Å²) in [7, 11) is 0. The van der Waals surface area contributed by atoms with E-state index in [1.807, 2.05) is 35.0 Å². The Hall–Kier alpha value is -3.45. The van der Waals surface area contributed by atoms with Crippen molar-refractivity contribution in [2.75, 3.05) is 4.90 Å². The molecule has 29 heavy (non-hydrogen) atoms. The number of fused-ring (bicyclic) bond motifs is 1. The topological polar surface area (TPSA) is 71.4 Å². The van der Waals surface area contributed by atoms with Crippen molar-refractivity contribution in [2.24, 2.45) is 0 Å². The van der Waals surface area contributed by atoms with Crippen LogP contribution in [0.15, 0.2) is 77.4 Å². The van der Waals surface area contributed by atoms with Gasteiger partial charge in [0.05, 0.1) is 5.69 Å². The first-order valence-corrected chi connectivity index (χ1v) is 9.64. The summed E-state index contributed by atoms with van der Waals surface area (Å²) in [6, 6.07) is 13.6. The first kappa shape index (κ1) is 18.9. The number of hydrogen-bond acceptors (Lipinski definition) is 3. The van der Waals surface area contributed by atoms with E-state index in [-0.39, 0.29) is 5.57 Å². The highest BCUT2D eigenvalue weighted by Crippen LogP contribution is 2.27. The second-order valence-electron chi connectivity index (χ2n) is 6.48. The summed E-state index contributed by atoms with van der Waals surface area (Å²) in [5.74, 6) is -1.38. The minimum Gasteiger partial charge on any atom is -0.343 e. The van der Waals surface area contributed by atoms with Gasteiger partial charge in [-0.2, -0.15) is 0 Å². The van der Waals surface area contributed by atoms with Crippen LogP contribution in [0.2, 0.25) is 0 Å². The van der Waals surface area contributed by atoms with E-state index in [1.54, 1.807) is 30.3 Å². The number of benzene rings is 2. The molecule has 2 aromatic carbocycles. The third-order valence-electron chi connectivity index (χ3n) is 4.63. The van der Waals surface area contributed by atoms with Crippen LogP contribution >= 0.6 is 15.9 Å². The number of amides is 4. The lowest BCUT2D eigenvalue weighted by Gasteiger charge is -2.26. The number of aromatic nitrogens is 1. The van der Waals surface area contributed by atoms with Gasteiger partial charge in [-0.05, 0) is 36.4 Å². The number of nitrogens with zero attached hydrogens (tertiary/aromatic N) is 2. The number of urea groups is 1. The molecule has 0 radical (unpaired) electrons. The van der Waals surface area contributed by atoms with Gasteiger partial charge in [0, 0.05) is 33.7 Å². The van der Waals surface area contributed by atoms with Crippen molar-refractivity contribution in [3.63, 3.8) is 0 Å². The van der Waals surface area contributed by atoms with Crippen LogP contribution in [-0.2, 0) is 16.1 Å². The molecule has 0 bridgehead atoms. The molecule has 0 aliphatic carbocycles. The molecule has 1 saturated heterocycles. The maximum absolute atomic E-state index is 13.0. The molecule has 7 heteroatoms. The number of imide groups is 2. The van der Waals surface area contributed by atoms with E-state index in [9.17, 15) is 14.4 Å². The monoisotopic (exact) mass is 449 g/mol. The zero-order valence-corrected chi connectivity index (χ0v) is 16.8. The molecule has 1 aromatic heterocycles. The molecule has 0 saturated carbocycles. The van der Waals surface area contributed by atoms with Crippen LogP contribution in [0, 0.1) is 0 Å². The number of barbiturate groups is 1. The largest absolute Gasteiger partial charge is 0.343 e. The molecular weight excluding hydrogens is 434 g/mol. The summed E-state index contributed by atoms with van der Waals surface area (Å²) in [4.78, 5) is 38.8. The van der Waals surface area contributed by atoms with Crippen LogP contribution in [0.5, 0.6) is 0 Å². The highest BCUT2D eigenvalue weighted by Gasteiger charge is 2.36. The number of anilines is 1. The molecular formula is C22H16BrN3O3. The smallest absolute Gasteiger partial charge is 0.335 e. The van der Waals surface area contributed by atoms with E-state index in [0.29, 0.717) is 17.8 Å². The Morgan fingerprint density at radius 3 is 2.48 bits per heavy atom. The van der Waals surface area contributed by atoms with Crippen molar-refractivity contribution in [1.82, 2.24) is 9.88 Å². The second kappa shape index (κ2) is 7.52.